The maximum atomic E-state index is 12.0. The zero-order valence-corrected chi connectivity index (χ0v) is 12.6. The molecule has 0 aliphatic carbocycles. The zero-order chi connectivity index (χ0) is 13.8. The second-order valence-electron chi connectivity index (χ2n) is 4.18. The Bertz CT molecular complexity index is 549. The van der Waals surface area contributed by atoms with Crippen molar-refractivity contribution < 1.29 is 4.79 Å². The van der Waals surface area contributed by atoms with Gasteiger partial charge in [-0.3, -0.25) is 4.79 Å². The van der Waals surface area contributed by atoms with Crippen LogP contribution in [0.15, 0.2) is 35.7 Å². The standard InChI is InChI=1S/C14H13Cl2NOS/c1-9(13-6-3-7-19-13)17-14(18)8-10-11(15)4-2-5-12(10)16/h2-7,9H,8H2,1H3,(H,17,18)/t9-/m0/s1. The molecule has 0 aliphatic rings. The molecule has 1 atom stereocenters. The smallest absolute Gasteiger partial charge is 0.225 e. The predicted molar refractivity (Wildman–Crippen MR) is 81.0 cm³/mol. The number of amides is 1. The molecule has 2 nitrogen and oxygen atoms in total. The van der Waals surface area contributed by atoms with Gasteiger partial charge in [-0.15, -0.1) is 11.3 Å². The van der Waals surface area contributed by atoms with Crippen LogP contribution < -0.4 is 5.32 Å². The van der Waals surface area contributed by atoms with Gasteiger partial charge in [0.2, 0.25) is 5.91 Å². The minimum absolute atomic E-state index is 0.00577. The second kappa shape index (κ2) is 6.42. The topological polar surface area (TPSA) is 29.1 Å². The van der Waals surface area contributed by atoms with Crippen molar-refractivity contribution in [3.63, 3.8) is 0 Å². The molecule has 1 aromatic carbocycles. The summed E-state index contributed by atoms with van der Waals surface area (Å²) in [6.07, 6.45) is 0.189. The lowest BCUT2D eigenvalue weighted by Gasteiger charge is -2.13. The quantitative estimate of drug-likeness (QED) is 0.886. The van der Waals surface area contributed by atoms with Crippen molar-refractivity contribution in [3.8, 4) is 0 Å². The highest BCUT2D eigenvalue weighted by atomic mass is 35.5. The van der Waals surface area contributed by atoms with Crippen LogP contribution in [0.4, 0.5) is 0 Å². The maximum Gasteiger partial charge on any atom is 0.225 e. The summed E-state index contributed by atoms with van der Waals surface area (Å²) in [5, 5.41) is 5.97. The average molecular weight is 314 g/mol. The van der Waals surface area contributed by atoms with E-state index in [1.807, 2.05) is 24.4 Å². The SMILES string of the molecule is C[C@H](NC(=O)Cc1c(Cl)cccc1Cl)c1cccs1. The van der Waals surface area contributed by atoms with Crippen molar-refractivity contribution in [1.82, 2.24) is 5.32 Å². The van der Waals surface area contributed by atoms with Gasteiger partial charge in [-0.05, 0) is 36.1 Å². The molecule has 0 spiro atoms. The Morgan fingerprint density at radius 2 is 1.95 bits per heavy atom. The van der Waals surface area contributed by atoms with Crippen LogP contribution in [-0.2, 0) is 11.2 Å². The van der Waals surface area contributed by atoms with E-state index in [1.165, 1.54) is 0 Å². The molecule has 1 N–H and O–H groups in total. The Balaban J connectivity index is 2.02. The van der Waals surface area contributed by atoms with Gasteiger partial charge in [0.15, 0.2) is 0 Å². The van der Waals surface area contributed by atoms with Crippen LogP contribution in [-0.4, -0.2) is 5.91 Å². The minimum Gasteiger partial charge on any atom is -0.348 e. The highest BCUT2D eigenvalue weighted by Crippen LogP contribution is 2.25. The molecular weight excluding hydrogens is 301 g/mol. The van der Waals surface area contributed by atoms with Gasteiger partial charge >= 0.3 is 0 Å². The third kappa shape index (κ3) is 3.72. The summed E-state index contributed by atoms with van der Waals surface area (Å²) in [5.74, 6) is -0.0871. The summed E-state index contributed by atoms with van der Waals surface area (Å²) in [4.78, 5) is 13.1. The fourth-order valence-electron chi connectivity index (χ4n) is 1.76. The van der Waals surface area contributed by atoms with Gasteiger partial charge in [0.05, 0.1) is 12.5 Å². The molecule has 0 bridgehead atoms. The molecule has 0 saturated heterocycles. The first-order chi connectivity index (χ1) is 9.08. The van der Waals surface area contributed by atoms with E-state index < -0.39 is 0 Å². The monoisotopic (exact) mass is 313 g/mol. The van der Waals surface area contributed by atoms with Gasteiger partial charge in [0.1, 0.15) is 0 Å². The fourth-order valence-corrected chi connectivity index (χ4v) is 3.03. The predicted octanol–water partition coefficient (Wildman–Crippen LogP) is 4.47. The zero-order valence-electron chi connectivity index (χ0n) is 10.3. The molecule has 19 heavy (non-hydrogen) atoms. The molecule has 1 amide bonds. The summed E-state index contributed by atoms with van der Waals surface area (Å²) in [6, 6.07) is 9.19. The molecule has 2 aromatic rings. The number of carbonyl (C=O) groups excluding carboxylic acids is 1. The second-order valence-corrected chi connectivity index (χ2v) is 5.98. The van der Waals surface area contributed by atoms with Gasteiger partial charge < -0.3 is 5.32 Å². The van der Waals surface area contributed by atoms with E-state index in [2.05, 4.69) is 5.32 Å². The number of halogens is 2. The van der Waals surface area contributed by atoms with Crippen molar-refractivity contribution in [1.29, 1.82) is 0 Å². The Morgan fingerprint density at radius 1 is 1.26 bits per heavy atom. The molecule has 0 radical (unpaired) electrons. The van der Waals surface area contributed by atoms with Crippen LogP contribution in [0.2, 0.25) is 10.0 Å². The molecule has 2 rings (SSSR count). The summed E-state index contributed by atoms with van der Waals surface area (Å²) in [5.41, 5.74) is 0.668. The van der Waals surface area contributed by atoms with E-state index in [0.717, 1.165) is 4.88 Å². The summed E-state index contributed by atoms with van der Waals surface area (Å²) < 4.78 is 0. The molecule has 5 heteroatoms. The number of nitrogens with one attached hydrogen (secondary N) is 1. The highest BCUT2D eigenvalue weighted by molar-refractivity contribution is 7.10. The third-order valence-electron chi connectivity index (χ3n) is 2.75. The molecule has 1 heterocycles. The van der Waals surface area contributed by atoms with Crippen LogP contribution in [0, 0.1) is 0 Å². The molecule has 1 aromatic heterocycles. The largest absolute Gasteiger partial charge is 0.348 e. The summed E-state index contributed by atoms with van der Waals surface area (Å²) >= 11 is 13.7. The van der Waals surface area contributed by atoms with Crippen LogP contribution in [0.25, 0.3) is 0 Å². The summed E-state index contributed by atoms with van der Waals surface area (Å²) in [7, 11) is 0. The molecule has 0 saturated carbocycles. The van der Waals surface area contributed by atoms with Gasteiger partial charge in [0.25, 0.3) is 0 Å². The lowest BCUT2D eigenvalue weighted by Crippen LogP contribution is -2.27. The van der Waals surface area contributed by atoms with Crippen molar-refractivity contribution in [2.45, 2.75) is 19.4 Å². The number of benzene rings is 1. The average Bonchev–Trinajstić information content (AvgIpc) is 2.88. The number of hydrogen-bond donors (Lipinski definition) is 1. The first kappa shape index (κ1) is 14.4. The lowest BCUT2D eigenvalue weighted by atomic mass is 10.1. The Hall–Kier alpha value is -1.03. The molecule has 0 fully saturated rings. The van der Waals surface area contributed by atoms with Crippen LogP contribution in [0.3, 0.4) is 0 Å². The Morgan fingerprint density at radius 3 is 2.53 bits per heavy atom. The van der Waals surface area contributed by atoms with Crippen molar-refractivity contribution in [2.75, 3.05) is 0 Å². The highest BCUT2D eigenvalue weighted by Gasteiger charge is 2.14. The number of hydrogen-bond acceptors (Lipinski definition) is 2. The lowest BCUT2D eigenvalue weighted by molar-refractivity contribution is -0.121. The third-order valence-corrected chi connectivity index (χ3v) is 4.51. The molecule has 100 valence electrons. The van der Waals surface area contributed by atoms with Gasteiger partial charge in [-0.25, -0.2) is 0 Å². The van der Waals surface area contributed by atoms with Crippen LogP contribution in [0.5, 0.6) is 0 Å². The van der Waals surface area contributed by atoms with Gasteiger partial charge in [-0.2, -0.15) is 0 Å². The van der Waals surface area contributed by atoms with Crippen LogP contribution >= 0.6 is 34.5 Å². The number of thiophene rings is 1. The van der Waals surface area contributed by atoms with Crippen molar-refractivity contribution in [2.24, 2.45) is 0 Å². The van der Waals surface area contributed by atoms with E-state index in [-0.39, 0.29) is 18.4 Å². The van der Waals surface area contributed by atoms with E-state index in [9.17, 15) is 4.79 Å². The van der Waals surface area contributed by atoms with E-state index in [1.54, 1.807) is 29.5 Å². The van der Waals surface area contributed by atoms with E-state index in [4.69, 9.17) is 23.2 Å². The minimum atomic E-state index is -0.0871. The first-order valence-electron chi connectivity index (χ1n) is 5.83. The first-order valence-corrected chi connectivity index (χ1v) is 7.47. The van der Waals surface area contributed by atoms with Crippen molar-refractivity contribution in [3.05, 3.63) is 56.2 Å². The van der Waals surface area contributed by atoms with E-state index in [0.29, 0.717) is 15.6 Å². The summed E-state index contributed by atoms with van der Waals surface area (Å²) in [6.45, 7) is 1.96. The van der Waals surface area contributed by atoms with Gasteiger partial charge in [0, 0.05) is 14.9 Å². The molecule has 0 aliphatic heterocycles. The fraction of sp³-hybridized carbons (Fsp3) is 0.214. The normalized spacial score (nSPS) is 12.2. The van der Waals surface area contributed by atoms with Gasteiger partial charge in [-0.1, -0.05) is 35.3 Å². The van der Waals surface area contributed by atoms with E-state index >= 15 is 0 Å². The van der Waals surface area contributed by atoms with Crippen molar-refractivity contribution >= 4 is 40.4 Å². The number of rotatable bonds is 4. The number of carbonyl (C=O) groups is 1. The van der Waals surface area contributed by atoms with Crippen LogP contribution in [0.1, 0.15) is 23.4 Å². The molecule has 0 unspecified atom stereocenters. The Labute approximate surface area is 126 Å². The maximum absolute atomic E-state index is 12.0. The Kier molecular flexibility index (Phi) is 4.86. The molecular formula is C14H13Cl2NOS.